The van der Waals surface area contributed by atoms with E-state index >= 15 is 0 Å². The first-order chi connectivity index (χ1) is 12.1. The Labute approximate surface area is 153 Å². The first-order valence-corrected chi connectivity index (χ1v) is 9.26. The Morgan fingerprint density at radius 2 is 1.84 bits per heavy atom. The van der Waals surface area contributed by atoms with E-state index in [2.05, 4.69) is 36.2 Å². The number of rotatable bonds is 6. The minimum Gasteiger partial charge on any atom is -0.339 e. The van der Waals surface area contributed by atoms with Crippen LogP contribution in [0.4, 0.5) is 0 Å². The van der Waals surface area contributed by atoms with Crippen LogP contribution in [0.2, 0.25) is 0 Å². The molecule has 0 radical (unpaired) electrons. The maximum Gasteiger partial charge on any atom is 0.223 e. The lowest BCUT2D eigenvalue weighted by molar-refractivity contribution is -0.130. The average Bonchev–Trinajstić information content (AvgIpc) is 3.14. The molecule has 1 amide bonds. The Balaban J connectivity index is 1.83. The van der Waals surface area contributed by atoms with Gasteiger partial charge < -0.3 is 4.90 Å². The number of hydrogen-bond acceptors (Lipinski definition) is 3. The fraction of sp³-hybridized carbons (Fsp3) is 0.238. The fourth-order valence-electron chi connectivity index (χ4n) is 3.02. The molecule has 3 rings (SSSR count). The molecule has 3 aromatic rings. The summed E-state index contributed by atoms with van der Waals surface area (Å²) >= 11 is 1.58. The summed E-state index contributed by atoms with van der Waals surface area (Å²) in [6, 6.07) is 18.6. The summed E-state index contributed by atoms with van der Waals surface area (Å²) in [5, 5.41) is 2.90. The van der Waals surface area contributed by atoms with Gasteiger partial charge in [-0.15, -0.1) is 11.3 Å². The molecule has 25 heavy (non-hydrogen) atoms. The number of aryl methyl sites for hydroxylation is 1. The van der Waals surface area contributed by atoms with E-state index in [0.717, 1.165) is 5.01 Å². The van der Waals surface area contributed by atoms with Gasteiger partial charge in [-0.2, -0.15) is 0 Å². The third-order valence-corrected chi connectivity index (χ3v) is 5.19. The summed E-state index contributed by atoms with van der Waals surface area (Å²) in [7, 11) is 1.85. The predicted molar refractivity (Wildman–Crippen MR) is 103 cm³/mol. The lowest BCUT2D eigenvalue weighted by atomic mass is 9.86. The molecule has 128 valence electrons. The molecule has 0 aliphatic heterocycles. The van der Waals surface area contributed by atoms with Crippen LogP contribution in [0.1, 0.15) is 34.0 Å². The fourth-order valence-corrected chi connectivity index (χ4v) is 3.69. The molecule has 0 N–H and O–H groups in total. The van der Waals surface area contributed by atoms with Crippen molar-refractivity contribution in [3.05, 3.63) is 87.9 Å². The van der Waals surface area contributed by atoms with Crippen LogP contribution in [0.15, 0.2) is 66.2 Å². The molecule has 4 heteroatoms. The molecule has 0 saturated carbocycles. The number of carbonyl (C=O) groups is 1. The molecule has 3 nitrogen and oxygen atoms in total. The van der Waals surface area contributed by atoms with Crippen molar-refractivity contribution in [1.82, 2.24) is 9.88 Å². The molecule has 1 heterocycles. The van der Waals surface area contributed by atoms with E-state index in [1.54, 1.807) is 22.4 Å². The molecule has 1 unspecified atom stereocenters. The van der Waals surface area contributed by atoms with Gasteiger partial charge in [-0.3, -0.25) is 4.79 Å². The van der Waals surface area contributed by atoms with Crippen LogP contribution in [-0.2, 0) is 11.3 Å². The topological polar surface area (TPSA) is 33.2 Å². The van der Waals surface area contributed by atoms with Crippen LogP contribution in [0.25, 0.3) is 0 Å². The number of nitrogens with zero attached hydrogens (tertiary/aromatic N) is 2. The number of carbonyl (C=O) groups excluding carboxylic acids is 1. The van der Waals surface area contributed by atoms with E-state index in [0.29, 0.717) is 13.0 Å². The van der Waals surface area contributed by atoms with Gasteiger partial charge in [-0.05, 0) is 23.6 Å². The molecule has 1 aromatic heterocycles. The van der Waals surface area contributed by atoms with E-state index in [4.69, 9.17) is 0 Å². The Morgan fingerprint density at radius 3 is 2.52 bits per heavy atom. The zero-order chi connectivity index (χ0) is 17.6. The lowest BCUT2D eigenvalue weighted by Crippen LogP contribution is -2.28. The molecule has 0 saturated heterocycles. The summed E-state index contributed by atoms with van der Waals surface area (Å²) in [6.45, 7) is 2.67. The monoisotopic (exact) mass is 350 g/mol. The third kappa shape index (κ3) is 4.34. The lowest BCUT2D eigenvalue weighted by Gasteiger charge is -2.23. The molecule has 1 atom stereocenters. The van der Waals surface area contributed by atoms with E-state index in [1.807, 2.05) is 42.8 Å². The molecular formula is C21H22N2OS. The van der Waals surface area contributed by atoms with Crippen molar-refractivity contribution in [2.45, 2.75) is 25.8 Å². The highest BCUT2D eigenvalue weighted by Crippen LogP contribution is 2.31. The maximum absolute atomic E-state index is 12.8. The van der Waals surface area contributed by atoms with Crippen LogP contribution in [0, 0.1) is 6.92 Å². The van der Waals surface area contributed by atoms with Gasteiger partial charge >= 0.3 is 0 Å². The summed E-state index contributed by atoms with van der Waals surface area (Å²) < 4.78 is 0. The summed E-state index contributed by atoms with van der Waals surface area (Å²) in [5.74, 6) is 0.195. The molecular weight excluding hydrogens is 328 g/mol. The quantitative estimate of drug-likeness (QED) is 0.649. The molecule has 0 bridgehead atoms. The largest absolute Gasteiger partial charge is 0.339 e. The van der Waals surface area contributed by atoms with Crippen molar-refractivity contribution in [3.8, 4) is 0 Å². The van der Waals surface area contributed by atoms with Crippen LogP contribution >= 0.6 is 11.3 Å². The van der Waals surface area contributed by atoms with Gasteiger partial charge in [0, 0.05) is 31.0 Å². The van der Waals surface area contributed by atoms with Crippen molar-refractivity contribution >= 4 is 17.2 Å². The highest BCUT2D eigenvalue weighted by atomic mass is 32.1. The second kappa shape index (κ2) is 8.08. The van der Waals surface area contributed by atoms with Gasteiger partial charge in [0.25, 0.3) is 0 Å². The van der Waals surface area contributed by atoms with Crippen molar-refractivity contribution in [3.63, 3.8) is 0 Å². The van der Waals surface area contributed by atoms with Crippen molar-refractivity contribution < 1.29 is 4.79 Å². The Hall–Kier alpha value is -2.46. The van der Waals surface area contributed by atoms with Crippen LogP contribution in [-0.4, -0.2) is 22.8 Å². The van der Waals surface area contributed by atoms with Gasteiger partial charge in [0.1, 0.15) is 5.01 Å². The number of aromatic nitrogens is 1. The van der Waals surface area contributed by atoms with Crippen LogP contribution in [0.5, 0.6) is 0 Å². The number of amides is 1. The van der Waals surface area contributed by atoms with Gasteiger partial charge in [-0.25, -0.2) is 4.98 Å². The van der Waals surface area contributed by atoms with Crippen LogP contribution < -0.4 is 0 Å². The van der Waals surface area contributed by atoms with Gasteiger partial charge in [0.05, 0.1) is 6.54 Å². The number of thiazole rings is 1. The zero-order valence-corrected chi connectivity index (χ0v) is 15.4. The van der Waals surface area contributed by atoms with Crippen molar-refractivity contribution in [1.29, 1.82) is 0 Å². The van der Waals surface area contributed by atoms with Crippen molar-refractivity contribution in [2.24, 2.45) is 0 Å². The second-order valence-electron chi connectivity index (χ2n) is 6.20. The molecule has 0 aliphatic rings. The van der Waals surface area contributed by atoms with Gasteiger partial charge in [-0.1, -0.05) is 54.6 Å². The Bertz CT molecular complexity index is 815. The standard InChI is InChI=1S/C21H22N2OS/c1-16-8-6-7-11-18(16)19(17-9-4-3-5-10-17)14-21(24)23(2)15-20-22-12-13-25-20/h3-13,19H,14-15H2,1-2H3. The molecule has 2 aromatic carbocycles. The highest BCUT2D eigenvalue weighted by Gasteiger charge is 2.22. The third-order valence-electron chi connectivity index (χ3n) is 4.43. The first-order valence-electron chi connectivity index (χ1n) is 8.38. The van der Waals surface area contributed by atoms with E-state index in [-0.39, 0.29) is 11.8 Å². The van der Waals surface area contributed by atoms with Gasteiger partial charge in [0.15, 0.2) is 0 Å². The predicted octanol–water partition coefficient (Wildman–Crippen LogP) is 4.63. The van der Waals surface area contributed by atoms with E-state index in [1.165, 1.54) is 16.7 Å². The average molecular weight is 350 g/mol. The van der Waals surface area contributed by atoms with E-state index < -0.39 is 0 Å². The summed E-state index contributed by atoms with van der Waals surface area (Å²) in [6.07, 6.45) is 2.23. The smallest absolute Gasteiger partial charge is 0.223 e. The number of hydrogen-bond donors (Lipinski definition) is 0. The Kier molecular flexibility index (Phi) is 5.61. The second-order valence-corrected chi connectivity index (χ2v) is 7.18. The molecule has 0 aliphatic carbocycles. The minimum atomic E-state index is 0.0636. The van der Waals surface area contributed by atoms with Crippen molar-refractivity contribution in [2.75, 3.05) is 7.05 Å². The highest BCUT2D eigenvalue weighted by molar-refractivity contribution is 7.09. The van der Waals surface area contributed by atoms with Crippen LogP contribution in [0.3, 0.4) is 0 Å². The van der Waals surface area contributed by atoms with E-state index in [9.17, 15) is 4.79 Å². The number of benzene rings is 2. The maximum atomic E-state index is 12.8. The SMILES string of the molecule is Cc1ccccc1C(CC(=O)N(C)Cc1nccs1)c1ccccc1. The summed E-state index contributed by atoms with van der Waals surface area (Å²) in [5.41, 5.74) is 3.60. The molecule has 0 fully saturated rings. The summed E-state index contributed by atoms with van der Waals surface area (Å²) in [4.78, 5) is 18.9. The minimum absolute atomic E-state index is 0.0636. The Morgan fingerprint density at radius 1 is 1.12 bits per heavy atom. The molecule has 0 spiro atoms. The zero-order valence-electron chi connectivity index (χ0n) is 14.6. The first kappa shape index (κ1) is 17.4. The normalized spacial score (nSPS) is 11.9. The van der Waals surface area contributed by atoms with Gasteiger partial charge in [0.2, 0.25) is 5.91 Å².